The largest absolute Gasteiger partial charge is 0.474 e. The maximum atomic E-state index is 11.7. The van der Waals surface area contributed by atoms with E-state index in [1.165, 1.54) is 12.2 Å². The van der Waals surface area contributed by atoms with E-state index >= 15 is 0 Å². The van der Waals surface area contributed by atoms with Gasteiger partial charge in [-0.15, -0.1) is 0 Å². The molecule has 0 fully saturated rings. The predicted octanol–water partition coefficient (Wildman–Crippen LogP) is 5.19. The summed E-state index contributed by atoms with van der Waals surface area (Å²) in [6, 6.07) is 20.9. The van der Waals surface area contributed by atoms with Crippen molar-refractivity contribution in [2.45, 2.75) is 12.2 Å². The lowest BCUT2D eigenvalue weighted by Gasteiger charge is -2.24. The lowest BCUT2D eigenvalue weighted by molar-refractivity contribution is -0.434. The highest BCUT2D eigenvalue weighted by Crippen LogP contribution is 2.40. The summed E-state index contributed by atoms with van der Waals surface area (Å²) in [5, 5.41) is 23.3. The SMILES string of the molecule is O=[N+]([O-])C1=Cc2ccccc2O[C@H]1c1ccc([C@H]2Oc3ccccc3C=C2[N+](=O)[O-])cc1. The van der Waals surface area contributed by atoms with Gasteiger partial charge >= 0.3 is 0 Å². The second-order valence-electron chi connectivity index (χ2n) is 7.39. The second-order valence-corrected chi connectivity index (χ2v) is 7.39. The Hall–Kier alpha value is -4.46. The molecule has 0 N–H and O–H groups in total. The highest BCUT2D eigenvalue weighted by molar-refractivity contribution is 5.63. The van der Waals surface area contributed by atoms with Crippen molar-refractivity contribution in [2.24, 2.45) is 0 Å². The molecule has 5 rings (SSSR count). The first-order valence-corrected chi connectivity index (χ1v) is 9.84. The Morgan fingerprint density at radius 1 is 0.594 bits per heavy atom. The molecule has 0 saturated heterocycles. The molecule has 2 atom stereocenters. The lowest BCUT2D eigenvalue weighted by Crippen LogP contribution is -2.21. The van der Waals surface area contributed by atoms with Gasteiger partial charge in [0, 0.05) is 34.4 Å². The summed E-state index contributed by atoms with van der Waals surface area (Å²) < 4.78 is 11.8. The molecule has 2 aliphatic rings. The van der Waals surface area contributed by atoms with E-state index in [9.17, 15) is 20.2 Å². The summed E-state index contributed by atoms with van der Waals surface area (Å²) in [7, 11) is 0. The van der Waals surface area contributed by atoms with Gasteiger partial charge in [-0.1, -0.05) is 60.7 Å². The Morgan fingerprint density at radius 2 is 0.969 bits per heavy atom. The van der Waals surface area contributed by atoms with Crippen LogP contribution >= 0.6 is 0 Å². The molecule has 8 nitrogen and oxygen atoms in total. The van der Waals surface area contributed by atoms with Crippen LogP contribution in [-0.2, 0) is 0 Å². The Bertz CT molecular complexity index is 1200. The van der Waals surface area contributed by atoms with Crippen LogP contribution in [-0.4, -0.2) is 9.85 Å². The van der Waals surface area contributed by atoms with Gasteiger partial charge in [0.1, 0.15) is 11.5 Å². The van der Waals surface area contributed by atoms with Gasteiger partial charge in [0.25, 0.3) is 11.4 Å². The van der Waals surface area contributed by atoms with Crippen molar-refractivity contribution in [3.63, 3.8) is 0 Å². The molecule has 0 saturated carbocycles. The van der Waals surface area contributed by atoms with Gasteiger partial charge in [-0.05, 0) is 12.1 Å². The summed E-state index contributed by atoms with van der Waals surface area (Å²) in [6.07, 6.45) is 1.22. The molecule has 158 valence electrons. The quantitative estimate of drug-likeness (QED) is 0.418. The number of hydrogen-bond acceptors (Lipinski definition) is 6. The third-order valence-electron chi connectivity index (χ3n) is 5.44. The fourth-order valence-corrected chi connectivity index (χ4v) is 3.88. The maximum Gasteiger partial charge on any atom is 0.291 e. The lowest BCUT2D eigenvalue weighted by atomic mass is 9.97. The Morgan fingerprint density at radius 3 is 1.34 bits per heavy atom. The highest BCUT2D eigenvalue weighted by atomic mass is 16.6. The predicted molar refractivity (Wildman–Crippen MR) is 116 cm³/mol. The number of nitro groups is 2. The fraction of sp³-hybridized carbons (Fsp3) is 0.0833. The van der Waals surface area contributed by atoms with Gasteiger partial charge in [0.2, 0.25) is 12.2 Å². The smallest absolute Gasteiger partial charge is 0.291 e. The minimum absolute atomic E-state index is 0.0785. The van der Waals surface area contributed by atoms with Crippen LogP contribution in [0.1, 0.15) is 34.5 Å². The van der Waals surface area contributed by atoms with E-state index in [0.717, 1.165) is 0 Å². The fourth-order valence-electron chi connectivity index (χ4n) is 3.88. The van der Waals surface area contributed by atoms with E-state index < -0.39 is 22.1 Å². The van der Waals surface area contributed by atoms with E-state index in [1.54, 1.807) is 72.8 Å². The van der Waals surface area contributed by atoms with E-state index in [2.05, 4.69) is 0 Å². The number of rotatable bonds is 4. The van der Waals surface area contributed by atoms with Crippen LogP contribution in [0.15, 0.2) is 84.2 Å². The Balaban J connectivity index is 1.48. The summed E-state index contributed by atoms with van der Waals surface area (Å²) in [4.78, 5) is 22.4. The van der Waals surface area contributed by atoms with Crippen LogP contribution in [0, 0.1) is 20.2 Å². The molecular weight excluding hydrogens is 412 g/mol. The monoisotopic (exact) mass is 428 g/mol. The average Bonchev–Trinajstić information content (AvgIpc) is 2.82. The van der Waals surface area contributed by atoms with Crippen LogP contribution in [0.4, 0.5) is 0 Å². The number of nitrogens with zero attached hydrogens (tertiary/aromatic N) is 2. The van der Waals surface area contributed by atoms with E-state index in [0.29, 0.717) is 33.8 Å². The number of hydrogen-bond donors (Lipinski definition) is 0. The van der Waals surface area contributed by atoms with Crippen molar-refractivity contribution in [1.29, 1.82) is 0 Å². The van der Waals surface area contributed by atoms with E-state index in [1.807, 2.05) is 0 Å². The molecule has 0 aliphatic carbocycles. The van der Waals surface area contributed by atoms with Crippen LogP contribution in [0.5, 0.6) is 11.5 Å². The molecule has 2 aliphatic heterocycles. The zero-order chi connectivity index (χ0) is 22.2. The molecule has 8 heteroatoms. The minimum atomic E-state index is -0.896. The molecule has 0 amide bonds. The standard InChI is InChI=1S/C24H16N2O6/c27-25(28)19-13-17-5-1-3-7-21(17)31-23(19)15-9-11-16(12-10-15)24-20(26(29)30)14-18-6-2-4-8-22(18)32-24/h1-14,23-24H/t23-,24+. The Labute approximate surface area is 182 Å². The zero-order valence-electron chi connectivity index (χ0n) is 16.6. The number of para-hydroxylation sites is 2. The number of fused-ring (bicyclic) bond motifs is 2. The minimum Gasteiger partial charge on any atom is -0.474 e. The molecule has 3 aromatic carbocycles. The van der Waals surface area contributed by atoms with Crippen molar-refractivity contribution in [3.05, 3.63) is 127 Å². The van der Waals surface area contributed by atoms with E-state index in [-0.39, 0.29) is 11.4 Å². The van der Waals surface area contributed by atoms with Gasteiger partial charge in [0.05, 0.1) is 9.85 Å². The van der Waals surface area contributed by atoms with Crippen molar-refractivity contribution in [3.8, 4) is 11.5 Å². The molecule has 2 heterocycles. The third-order valence-corrected chi connectivity index (χ3v) is 5.44. The van der Waals surface area contributed by atoms with Gasteiger partial charge in [-0.25, -0.2) is 0 Å². The van der Waals surface area contributed by atoms with Crippen molar-refractivity contribution in [1.82, 2.24) is 0 Å². The molecule has 0 radical (unpaired) electrons. The van der Waals surface area contributed by atoms with Crippen LogP contribution in [0.2, 0.25) is 0 Å². The second kappa shape index (κ2) is 7.66. The maximum absolute atomic E-state index is 11.7. The first-order chi connectivity index (χ1) is 15.5. The molecule has 0 aromatic heterocycles. The first kappa shape index (κ1) is 19.5. The summed E-state index contributed by atoms with van der Waals surface area (Å²) in [5.41, 5.74) is 2.25. The number of ether oxygens (including phenoxy) is 2. The molecule has 0 unspecified atom stereocenters. The molecule has 0 spiro atoms. The Kier molecular flexibility index (Phi) is 4.67. The van der Waals surface area contributed by atoms with Gasteiger partial charge in [-0.3, -0.25) is 20.2 Å². The molecular formula is C24H16N2O6. The van der Waals surface area contributed by atoms with Gasteiger partial charge in [0.15, 0.2) is 0 Å². The summed E-state index contributed by atoms with van der Waals surface area (Å²) in [5.74, 6) is 1.11. The third kappa shape index (κ3) is 3.37. The van der Waals surface area contributed by atoms with Crippen molar-refractivity contribution >= 4 is 12.2 Å². The van der Waals surface area contributed by atoms with Gasteiger partial charge in [-0.2, -0.15) is 0 Å². The molecule has 3 aromatic rings. The topological polar surface area (TPSA) is 105 Å². The van der Waals surface area contributed by atoms with Crippen LogP contribution < -0.4 is 9.47 Å². The van der Waals surface area contributed by atoms with E-state index in [4.69, 9.17) is 9.47 Å². The summed E-state index contributed by atoms with van der Waals surface area (Å²) in [6.45, 7) is 0. The summed E-state index contributed by atoms with van der Waals surface area (Å²) >= 11 is 0. The van der Waals surface area contributed by atoms with Crippen LogP contribution in [0.3, 0.4) is 0 Å². The molecule has 0 bridgehead atoms. The first-order valence-electron chi connectivity index (χ1n) is 9.84. The number of benzene rings is 3. The van der Waals surface area contributed by atoms with Crippen molar-refractivity contribution in [2.75, 3.05) is 0 Å². The average molecular weight is 428 g/mol. The molecule has 32 heavy (non-hydrogen) atoms. The van der Waals surface area contributed by atoms with Crippen LogP contribution in [0.25, 0.3) is 12.2 Å². The highest BCUT2D eigenvalue weighted by Gasteiger charge is 2.35. The van der Waals surface area contributed by atoms with Gasteiger partial charge < -0.3 is 9.47 Å². The zero-order valence-corrected chi connectivity index (χ0v) is 16.6. The van der Waals surface area contributed by atoms with Crippen molar-refractivity contribution < 1.29 is 19.3 Å². The normalized spacial score (nSPS) is 18.8.